The van der Waals surface area contributed by atoms with Gasteiger partial charge in [-0.25, -0.2) is 4.39 Å². The summed E-state index contributed by atoms with van der Waals surface area (Å²) in [5.74, 6) is 0.350. The SMILES string of the molecule is CCNC(c1ccc(OC)cc1F)C(C)(C)CC. The van der Waals surface area contributed by atoms with Gasteiger partial charge >= 0.3 is 0 Å². The summed E-state index contributed by atoms with van der Waals surface area (Å²) in [6, 6.07) is 5.09. The van der Waals surface area contributed by atoms with E-state index in [1.54, 1.807) is 7.11 Å². The number of halogens is 1. The van der Waals surface area contributed by atoms with Crippen molar-refractivity contribution in [3.63, 3.8) is 0 Å². The molecule has 1 aromatic rings. The van der Waals surface area contributed by atoms with Crippen molar-refractivity contribution in [1.29, 1.82) is 0 Å². The summed E-state index contributed by atoms with van der Waals surface area (Å²) >= 11 is 0. The van der Waals surface area contributed by atoms with Crippen molar-refractivity contribution in [1.82, 2.24) is 5.32 Å². The Morgan fingerprint density at radius 3 is 2.44 bits per heavy atom. The zero-order valence-corrected chi connectivity index (χ0v) is 12.0. The Morgan fingerprint density at radius 2 is 2.00 bits per heavy atom. The van der Waals surface area contributed by atoms with Gasteiger partial charge in [0.25, 0.3) is 0 Å². The van der Waals surface area contributed by atoms with E-state index in [4.69, 9.17) is 4.74 Å². The molecular weight excluding hydrogens is 229 g/mol. The molecule has 0 aliphatic rings. The number of benzene rings is 1. The highest BCUT2D eigenvalue weighted by molar-refractivity contribution is 5.31. The molecule has 0 aliphatic heterocycles. The molecule has 0 fully saturated rings. The highest BCUT2D eigenvalue weighted by atomic mass is 19.1. The lowest BCUT2D eigenvalue weighted by atomic mass is 9.78. The van der Waals surface area contributed by atoms with E-state index in [0.717, 1.165) is 13.0 Å². The van der Waals surface area contributed by atoms with Crippen LogP contribution in [0.2, 0.25) is 0 Å². The zero-order valence-electron chi connectivity index (χ0n) is 12.0. The number of ether oxygens (including phenoxy) is 1. The number of nitrogens with one attached hydrogen (secondary N) is 1. The normalized spacial score (nSPS) is 13.4. The molecule has 0 saturated heterocycles. The Hall–Kier alpha value is -1.09. The molecule has 102 valence electrons. The summed E-state index contributed by atoms with van der Waals surface area (Å²) in [7, 11) is 1.55. The van der Waals surface area contributed by atoms with Gasteiger partial charge in [0.15, 0.2) is 0 Å². The minimum absolute atomic E-state index is 0.00540. The van der Waals surface area contributed by atoms with Crippen molar-refractivity contribution in [3.8, 4) is 5.75 Å². The van der Waals surface area contributed by atoms with Crippen LogP contribution in [0, 0.1) is 11.2 Å². The predicted octanol–water partition coefficient (Wildman–Crippen LogP) is 3.92. The molecule has 0 aliphatic carbocycles. The van der Waals surface area contributed by atoms with E-state index < -0.39 is 0 Å². The van der Waals surface area contributed by atoms with Gasteiger partial charge in [-0.15, -0.1) is 0 Å². The molecular formula is C15H24FNO. The van der Waals surface area contributed by atoms with Crippen molar-refractivity contribution < 1.29 is 9.13 Å². The van der Waals surface area contributed by atoms with Gasteiger partial charge in [0, 0.05) is 17.7 Å². The van der Waals surface area contributed by atoms with Crippen molar-refractivity contribution in [2.75, 3.05) is 13.7 Å². The summed E-state index contributed by atoms with van der Waals surface area (Å²) in [5, 5.41) is 3.39. The Bertz CT molecular complexity index is 390. The molecule has 1 unspecified atom stereocenters. The molecule has 1 aromatic carbocycles. The van der Waals surface area contributed by atoms with Crippen LogP contribution in [0.4, 0.5) is 4.39 Å². The molecule has 1 N–H and O–H groups in total. The first-order chi connectivity index (χ1) is 8.46. The summed E-state index contributed by atoms with van der Waals surface area (Å²) in [4.78, 5) is 0. The van der Waals surface area contributed by atoms with E-state index in [-0.39, 0.29) is 17.3 Å². The van der Waals surface area contributed by atoms with Crippen LogP contribution in [-0.2, 0) is 0 Å². The molecule has 0 radical (unpaired) electrons. The van der Waals surface area contributed by atoms with Gasteiger partial charge in [0.2, 0.25) is 0 Å². The first-order valence-electron chi connectivity index (χ1n) is 6.53. The largest absolute Gasteiger partial charge is 0.497 e. The first-order valence-corrected chi connectivity index (χ1v) is 6.53. The van der Waals surface area contributed by atoms with Crippen LogP contribution in [0.5, 0.6) is 5.75 Å². The molecule has 0 amide bonds. The van der Waals surface area contributed by atoms with Crippen molar-refractivity contribution in [3.05, 3.63) is 29.6 Å². The van der Waals surface area contributed by atoms with Crippen LogP contribution >= 0.6 is 0 Å². The molecule has 18 heavy (non-hydrogen) atoms. The van der Waals surface area contributed by atoms with E-state index in [9.17, 15) is 4.39 Å². The van der Waals surface area contributed by atoms with Crippen LogP contribution in [0.1, 0.15) is 45.7 Å². The highest BCUT2D eigenvalue weighted by Crippen LogP contribution is 2.37. The van der Waals surface area contributed by atoms with Crippen LogP contribution in [0.15, 0.2) is 18.2 Å². The quantitative estimate of drug-likeness (QED) is 0.829. The van der Waals surface area contributed by atoms with Gasteiger partial charge < -0.3 is 10.1 Å². The number of hydrogen-bond donors (Lipinski definition) is 1. The highest BCUT2D eigenvalue weighted by Gasteiger charge is 2.30. The molecule has 0 spiro atoms. The van der Waals surface area contributed by atoms with E-state index in [1.807, 2.05) is 19.1 Å². The Labute approximate surface area is 110 Å². The lowest BCUT2D eigenvalue weighted by molar-refractivity contribution is 0.232. The molecule has 3 heteroatoms. The van der Waals surface area contributed by atoms with Crippen LogP contribution in [0.25, 0.3) is 0 Å². The van der Waals surface area contributed by atoms with Gasteiger partial charge in [-0.3, -0.25) is 0 Å². The Morgan fingerprint density at radius 1 is 1.33 bits per heavy atom. The van der Waals surface area contributed by atoms with E-state index in [1.165, 1.54) is 6.07 Å². The maximum absolute atomic E-state index is 14.2. The van der Waals surface area contributed by atoms with E-state index in [0.29, 0.717) is 11.3 Å². The van der Waals surface area contributed by atoms with Crippen molar-refractivity contribution in [2.24, 2.45) is 5.41 Å². The fourth-order valence-electron chi connectivity index (χ4n) is 2.08. The third-order valence-corrected chi connectivity index (χ3v) is 3.62. The fourth-order valence-corrected chi connectivity index (χ4v) is 2.08. The second-order valence-electron chi connectivity index (χ2n) is 5.22. The third-order valence-electron chi connectivity index (χ3n) is 3.62. The first kappa shape index (κ1) is 15.0. The maximum Gasteiger partial charge on any atom is 0.131 e. The summed E-state index contributed by atoms with van der Waals surface area (Å²) in [6.07, 6.45) is 0.982. The minimum Gasteiger partial charge on any atom is -0.497 e. The molecule has 1 atom stereocenters. The van der Waals surface area contributed by atoms with Gasteiger partial charge in [-0.05, 0) is 24.4 Å². The molecule has 1 rings (SSSR count). The van der Waals surface area contributed by atoms with Gasteiger partial charge in [0.1, 0.15) is 11.6 Å². The number of methoxy groups -OCH3 is 1. The molecule has 0 aromatic heterocycles. The molecule has 0 saturated carbocycles. The zero-order chi connectivity index (χ0) is 13.8. The van der Waals surface area contributed by atoms with Gasteiger partial charge in [-0.1, -0.05) is 33.8 Å². The molecule has 0 heterocycles. The van der Waals surface area contributed by atoms with Gasteiger partial charge in [-0.2, -0.15) is 0 Å². The maximum atomic E-state index is 14.2. The third kappa shape index (κ3) is 3.22. The van der Waals surface area contributed by atoms with Crippen LogP contribution in [-0.4, -0.2) is 13.7 Å². The predicted molar refractivity (Wildman–Crippen MR) is 73.4 cm³/mol. The van der Waals surface area contributed by atoms with Crippen molar-refractivity contribution in [2.45, 2.75) is 40.2 Å². The molecule has 0 bridgehead atoms. The van der Waals surface area contributed by atoms with Crippen molar-refractivity contribution >= 4 is 0 Å². The van der Waals surface area contributed by atoms with Gasteiger partial charge in [0.05, 0.1) is 7.11 Å². The van der Waals surface area contributed by atoms with E-state index >= 15 is 0 Å². The number of hydrogen-bond acceptors (Lipinski definition) is 2. The Balaban J connectivity index is 3.13. The fraction of sp³-hybridized carbons (Fsp3) is 0.600. The second kappa shape index (κ2) is 6.19. The van der Waals surface area contributed by atoms with Crippen LogP contribution < -0.4 is 10.1 Å². The lowest BCUT2D eigenvalue weighted by Crippen LogP contribution is -2.34. The average Bonchev–Trinajstić information content (AvgIpc) is 2.36. The lowest BCUT2D eigenvalue weighted by Gasteiger charge is -2.34. The standard InChI is InChI=1S/C15H24FNO/c1-6-15(3,4)14(17-7-2)12-9-8-11(18-5)10-13(12)16/h8-10,14,17H,6-7H2,1-5H3. The molecule has 2 nitrogen and oxygen atoms in total. The monoisotopic (exact) mass is 253 g/mol. The Kier molecular flexibility index (Phi) is 5.15. The average molecular weight is 253 g/mol. The summed E-state index contributed by atoms with van der Waals surface area (Å²) in [5.41, 5.74) is 0.718. The summed E-state index contributed by atoms with van der Waals surface area (Å²) in [6.45, 7) is 9.31. The number of rotatable bonds is 6. The van der Waals surface area contributed by atoms with Crippen LogP contribution in [0.3, 0.4) is 0 Å². The topological polar surface area (TPSA) is 21.3 Å². The summed E-state index contributed by atoms with van der Waals surface area (Å²) < 4.78 is 19.2. The second-order valence-corrected chi connectivity index (χ2v) is 5.22. The minimum atomic E-state index is -0.207. The smallest absolute Gasteiger partial charge is 0.131 e. The van der Waals surface area contributed by atoms with E-state index in [2.05, 4.69) is 26.1 Å².